The van der Waals surface area contributed by atoms with E-state index in [0.717, 1.165) is 0 Å². The quantitative estimate of drug-likeness (QED) is 0.691. The number of carbonyl (C=O) groups is 1. The van der Waals surface area contributed by atoms with Gasteiger partial charge in [-0.15, -0.1) is 0 Å². The molecule has 102 valence electrons. The van der Waals surface area contributed by atoms with Crippen LogP contribution in [0.3, 0.4) is 0 Å². The summed E-state index contributed by atoms with van der Waals surface area (Å²) in [4.78, 5) is 12.0. The second-order valence-corrected chi connectivity index (χ2v) is 4.40. The highest BCUT2D eigenvalue weighted by Crippen LogP contribution is 2.31. The maximum atomic E-state index is 12.0. The third-order valence-electron chi connectivity index (χ3n) is 2.78. The predicted octanol–water partition coefficient (Wildman–Crippen LogP) is 2.66. The first kappa shape index (κ1) is 13.7. The Bertz CT molecular complexity index is 622. The number of hydrogen-bond donors (Lipinski definition) is 1. The fourth-order valence-corrected chi connectivity index (χ4v) is 2.22. The van der Waals surface area contributed by atoms with Crippen LogP contribution >= 0.6 is 11.6 Å². The van der Waals surface area contributed by atoms with E-state index in [1.165, 1.54) is 0 Å². The minimum atomic E-state index is -0.425. The number of esters is 1. The number of rotatable bonds is 4. The van der Waals surface area contributed by atoms with Crippen molar-refractivity contribution in [1.82, 2.24) is 4.57 Å². The Morgan fingerprint density at radius 1 is 1.47 bits per heavy atom. The van der Waals surface area contributed by atoms with E-state index in [0.29, 0.717) is 33.9 Å². The number of ether oxygens (including phenoxy) is 2. The first-order chi connectivity index (χ1) is 9.10. The Labute approximate surface area is 115 Å². The van der Waals surface area contributed by atoms with Gasteiger partial charge in [0.25, 0.3) is 0 Å². The second kappa shape index (κ2) is 5.50. The van der Waals surface area contributed by atoms with Gasteiger partial charge < -0.3 is 19.8 Å². The first-order valence-electron chi connectivity index (χ1n) is 5.83. The van der Waals surface area contributed by atoms with Gasteiger partial charge in [-0.2, -0.15) is 0 Å². The van der Waals surface area contributed by atoms with Crippen LogP contribution in [0.25, 0.3) is 10.9 Å². The zero-order chi connectivity index (χ0) is 14.0. The second-order valence-electron chi connectivity index (χ2n) is 3.99. The number of halogens is 1. The third kappa shape index (κ3) is 2.39. The number of nitrogen functional groups attached to an aromatic ring is 1. The summed E-state index contributed by atoms with van der Waals surface area (Å²) < 4.78 is 11.8. The molecule has 0 aliphatic heterocycles. The molecule has 0 bridgehead atoms. The molecule has 19 heavy (non-hydrogen) atoms. The lowest BCUT2D eigenvalue weighted by atomic mass is 10.2. The Kier molecular flexibility index (Phi) is 3.97. The summed E-state index contributed by atoms with van der Waals surface area (Å²) in [5.41, 5.74) is 7.54. The van der Waals surface area contributed by atoms with Crippen molar-refractivity contribution in [2.75, 3.05) is 19.5 Å². The molecule has 2 N–H and O–H groups in total. The van der Waals surface area contributed by atoms with Crippen molar-refractivity contribution in [1.29, 1.82) is 0 Å². The van der Waals surface area contributed by atoms with E-state index in [9.17, 15) is 4.79 Å². The molecule has 0 radical (unpaired) electrons. The summed E-state index contributed by atoms with van der Waals surface area (Å²) in [5.74, 6) is -0.425. The van der Waals surface area contributed by atoms with Crippen LogP contribution in [-0.2, 0) is 16.2 Å². The number of fused-ring (bicyclic) bond motifs is 1. The number of hydrogen-bond acceptors (Lipinski definition) is 4. The molecule has 0 saturated heterocycles. The van der Waals surface area contributed by atoms with Crippen LogP contribution in [0.5, 0.6) is 0 Å². The van der Waals surface area contributed by atoms with E-state index in [1.54, 1.807) is 36.8 Å². The van der Waals surface area contributed by atoms with Crippen molar-refractivity contribution in [2.45, 2.75) is 13.7 Å². The third-order valence-corrected chi connectivity index (χ3v) is 3.11. The predicted molar refractivity (Wildman–Crippen MR) is 74.3 cm³/mol. The van der Waals surface area contributed by atoms with E-state index >= 15 is 0 Å². The van der Waals surface area contributed by atoms with Gasteiger partial charge in [0.2, 0.25) is 0 Å². The number of nitrogens with two attached hydrogens (primary N) is 1. The molecule has 1 heterocycles. The minimum absolute atomic E-state index is 0.197. The van der Waals surface area contributed by atoms with E-state index < -0.39 is 5.97 Å². The lowest BCUT2D eigenvalue weighted by molar-refractivity contribution is 0.0496. The molecule has 1 aromatic carbocycles. The van der Waals surface area contributed by atoms with Gasteiger partial charge in [-0.1, -0.05) is 11.6 Å². The summed E-state index contributed by atoms with van der Waals surface area (Å²) in [5, 5.41) is 1.24. The number of carbonyl (C=O) groups excluding carboxylic acids is 1. The van der Waals surface area contributed by atoms with Crippen LogP contribution in [0.1, 0.15) is 17.4 Å². The Morgan fingerprint density at radius 3 is 2.84 bits per heavy atom. The van der Waals surface area contributed by atoms with Crippen LogP contribution in [0.15, 0.2) is 18.2 Å². The summed E-state index contributed by atoms with van der Waals surface area (Å²) >= 11 is 6.13. The molecule has 6 heteroatoms. The number of methoxy groups -OCH3 is 1. The van der Waals surface area contributed by atoms with Gasteiger partial charge in [0.1, 0.15) is 12.4 Å². The van der Waals surface area contributed by atoms with Gasteiger partial charge >= 0.3 is 5.97 Å². The standard InChI is InChI=1S/C13H15ClN2O3/c1-3-19-13(17)11-6-8-9(14)4-5-10(15)12(8)16(11)7-18-2/h4-6H,3,7,15H2,1-2H3. The summed E-state index contributed by atoms with van der Waals surface area (Å²) in [7, 11) is 1.54. The van der Waals surface area contributed by atoms with Crippen molar-refractivity contribution in [2.24, 2.45) is 0 Å². The first-order valence-corrected chi connectivity index (χ1v) is 6.21. The minimum Gasteiger partial charge on any atom is -0.461 e. The van der Waals surface area contributed by atoms with Gasteiger partial charge in [0.15, 0.2) is 0 Å². The molecule has 2 rings (SSSR count). The summed E-state index contributed by atoms with van der Waals surface area (Å²) in [6.07, 6.45) is 0. The van der Waals surface area contributed by atoms with Crippen molar-refractivity contribution in [3.63, 3.8) is 0 Å². The molecule has 0 saturated carbocycles. The molecule has 0 unspecified atom stereocenters. The molecule has 1 aromatic heterocycles. The average Bonchev–Trinajstić information content (AvgIpc) is 2.76. The fraction of sp³-hybridized carbons (Fsp3) is 0.308. The maximum Gasteiger partial charge on any atom is 0.355 e. The number of aromatic nitrogens is 1. The van der Waals surface area contributed by atoms with Crippen LogP contribution in [0.2, 0.25) is 5.02 Å². The molecule has 0 spiro atoms. The van der Waals surface area contributed by atoms with E-state index in [1.807, 2.05) is 0 Å². The highest BCUT2D eigenvalue weighted by atomic mass is 35.5. The SMILES string of the molecule is CCOC(=O)c1cc2c(Cl)ccc(N)c2n1COC. The smallest absolute Gasteiger partial charge is 0.355 e. The largest absolute Gasteiger partial charge is 0.461 e. The monoisotopic (exact) mass is 282 g/mol. The van der Waals surface area contributed by atoms with Gasteiger partial charge in [-0.3, -0.25) is 0 Å². The topological polar surface area (TPSA) is 66.5 Å². The number of nitrogens with zero attached hydrogens (tertiary/aromatic N) is 1. The highest BCUT2D eigenvalue weighted by molar-refractivity contribution is 6.36. The highest BCUT2D eigenvalue weighted by Gasteiger charge is 2.19. The molecule has 5 nitrogen and oxygen atoms in total. The summed E-state index contributed by atoms with van der Waals surface area (Å²) in [6, 6.07) is 5.07. The normalized spacial score (nSPS) is 10.9. The number of benzene rings is 1. The van der Waals surface area contributed by atoms with Gasteiger partial charge in [-0.25, -0.2) is 4.79 Å². The Hall–Kier alpha value is -1.72. The van der Waals surface area contributed by atoms with Crippen LogP contribution in [0, 0.1) is 0 Å². The van der Waals surface area contributed by atoms with E-state index in [4.69, 9.17) is 26.8 Å². The molecule has 0 aliphatic rings. The molecule has 2 aromatic rings. The van der Waals surface area contributed by atoms with Gasteiger partial charge in [-0.05, 0) is 25.1 Å². The molecular weight excluding hydrogens is 268 g/mol. The zero-order valence-corrected chi connectivity index (χ0v) is 11.5. The lowest BCUT2D eigenvalue weighted by Gasteiger charge is -2.10. The van der Waals surface area contributed by atoms with Crippen molar-refractivity contribution in [3.05, 3.63) is 28.9 Å². The average molecular weight is 283 g/mol. The van der Waals surface area contributed by atoms with Gasteiger partial charge in [0.05, 0.1) is 22.8 Å². The van der Waals surface area contributed by atoms with Crippen LogP contribution in [0.4, 0.5) is 5.69 Å². The number of anilines is 1. The molecule has 0 amide bonds. The zero-order valence-electron chi connectivity index (χ0n) is 10.8. The molecule has 0 atom stereocenters. The van der Waals surface area contributed by atoms with E-state index in [2.05, 4.69) is 0 Å². The maximum absolute atomic E-state index is 12.0. The van der Waals surface area contributed by atoms with Crippen molar-refractivity contribution in [3.8, 4) is 0 Å². The van der Waals surface area contributed by atoms with E-state index in [-0.39, 0.29) is 6.73 Å². The summed E-state index contributed by atoms with van der Waals surface area (Å²) in [6.45, 7) is 2.25. The van der Waals surface area contributed by atoms with Crippen molar-refractivity contribution < 1.29 is 14.3 Å². The Morgan fingerprint density at radius 2 is 2.21 bits per heavy atom. The fourth-order valence-electron chi connectivity index (χ4n) is 2.01. The molecule has 0 fully saturated rings. The molecule has 0 aliphatic carbocycles. The van der Waals surface area contributed by atoms with Gasteiger partial charge in [0, 0.05) is 12.5 Å². The lowest BCUT2D eigenvalue weighted by Crippen LogP contribution is -2.13. The van der Waals surface area contributed by atoms with Crippen LogP contribution < -0.4 is 5.73 Å². The van der Waals surface area contributed by atoms with Crippen molar-refractivity contribution >= 4 is 34.2 Å². The van der Waals surface area contributed by atoms with Crippen LogP contribution in [-0.4, -0.2) is 24.3 Å². The molecular formula is C13H15ClN2O3. The Balaban J connectivity index is 2.70.